The van der Waals surface area contributed by atoms with Gasteiger partial charge in [0.25, 0.3) is 21.6 Å². The molecule has 0 spiro atoms. The minimum Gasteiger partial charge on any atom is -0.377 e. The van der Waals surface area contributed by atoms with Crippen LogP contribution in [0.15, 0.2) is 53.4 Å². The molecule has 1 heterocycles. The molecule has 2 aromatic carbocycles. The van der Waals surface area contributed by atoms with Crippen molar-refractivity contribution in [2.45, 2.75) is 11.0 Å². The van der Waals surface area contributed by atoms with Crippen LogP contribution in [0.25, 0.3) is 0 Å². The minimum atomic E-state index is -4.28. The Labute approximate surface area is 167 Å². The van der Waals surface area contributed by atoms with Crippen LogP contribution in [-0.2, 0) is 14.8 Å². The molecule has 11 heteroatoms. The number of hydrogen-bond acceptors (Lipinski definition) is 8. The summed E-state index contributed by atoms with van der Waals surface area (Å²) >= 11 is 0. The molecule has 2 aromatic rings. The Morgan fingerprint density at radius 2 is 2.00 bits per heavy atom. The maximum atomic E-state index is 12.5. The molecule has 0 aromatic heterocycles. The summed E-state index contributed by atoms with van der Waals surface area (Å²) in [6.45, 7) is 2.23. The van der Waals surface area contributed by atoms with Crippen molar-refractivity contribution in [3.05, 3.63) is 64.2 Å². The maximum absolute atomic E-state index is 12.5. The minimum absolute atomic E-state index is 0.156. The third-order valence-corrected chi connectivity index (χ3v) is 5.59. The van der Waals surface area contributed by atoms with E-state index >= 15 is 0 Å². The standard InChI is InChI=1S/C18H20N4O6S/c23-18(13-4-2-1-3-5-13)21-29(26,27)15-6-7-16(17(10-15)22(24)25)20-12-14-11-19-8-9-28-14/h1-7,10,14,19-20H,8-9,11-12H2,(H,21,23). The SMILES string of the molecule is O=C(NS(=O)(=O)c1ccc(NCC2CNCCO2)c([N+](=O)[O-])c1)c1ccccc1. The smallest absolute Gasteiger partial charge is 0.293 e. The Balaban J connectivity index is 1.77. The van der Waals surface area contributed by atoms with Gasteiger partial charge in [-0.1, -0.05) is 18.2 Å². The average Bonchev–Trinajstić information content (AvgIpc) is 2.73. The summed E-state index contributed by atoms with van der Waals surface area (Å²) in [6, 6.07) is 11.2. The van der Waals surface area contributed by atoms with E-state index in [1.165, 1.54) is 24.3 Å². The van der Waals surface area contributed by atoms with E-state index in [-0.39, 0.29) is 22.3 Å². The maximum Gasteiger partial charge on any atom is 0.293 e. The third-order valence-electron chi connectivity index (χ3n) is 4.26. The van der Waals surface area contributed by atoms with E-state index in [1.54, 1.807) is 18.2 Å². The van der Waals surface area contributed by atoms with Crippen LogP contribution in [0.5, 0.6) is 0 Å². The molecule has 1 unspecified atom stereocenters. The number of carbonyl (C=O) groups excluding carboxylic acids is 1. The van der Waals surface area contributed by atoms with Crippen molar-refractivity contribution < 1.29 is 22.9 Å². The summed E-state index contributed by atoms with van der Waals surface area (Å²) in [5, 5.41) is 17.5. The first kappa shape index (κ1) is 20.7. The molecule has 0 saturated carbocycles. The van der Waals surface area contributed by atoms with Gasteiger partial charge in [-0.3, -0.25) is 14.9 Å². The molecule has 3 N–H and O–H groups in total. The molecule has 1 saturated heterocycles. The zero-order chi connectivity index (χ0) is 20.9. The van der Waals surface area contributed by atoms with Gasteiger partial charge in [0, 0.05) is 31.3 Å². The molecular formula is C18H20N4O6S. The summed E-state index contributed by atoms with van der Waals surface area (Å²) in [5.74, 6) is -0.822. The summed E-state index contributed by atoms with van der Waals surface area (Å²) < 4.78 is 32.5. The highest BCUT2D eigenvalue weighted by Gasteiger charge is 2.24. The first-order valence-electron chi connectivity index (χ1n) is 8.83. The number of nitro groups is 1. The highest BCUT2D eigenvalue weighted by atomic mass is 32.2. The second kappa shape index (κ2) is 8.99. The highest BCUT2D eigenvalue weighted by molar-refractivity contribution is 7.90. The van der Waals surface area contributed by atoms with E-state index in [4.69, 9.17) is 4.74 Å². The number of ether oxygens (including phenoxy) is 1. The van der Waals surface area contributed by atoms with Crippen LogP contribution < -0.4 is 15.4 Å². The Hall–Kier alpha value is -3.02. The van der Waals surface area contributed by atoms with E-state index < -0.39 is 26.5 Å². The molecule has 1 aliphatic heterocycles. The van der Waals surface area contributed by atoms with Crippen LogP contribution in [0, 0.1) is 10.1 Å². The average molecular weight is 420 g/mol. The molecule has 0 radical (unpaired) electrons. The van der Waals surface area contributed by atoms with Gasteiger partial charge in [0.1, 0.15) is 5.69 Å². The van der Waals surface area contributed by atoms with Crippen LogP contribution in [0.3, 0.4) is 0 Å². The number of nitrogens with zero attached hydrogens (tertiary/aromatic N) is 1. The molecule has 154 valence electrons. The van der Waals surface area contributed by atoms with Crippen molar-refractivity contribution in [2.75, 3.05) is 31.6 Å². The fourth-order valence-electron chi connectivity index (χ4n) is 2.78. The van der Waals surface area contributed by atoms with Gasteiger partial charge in [-0.15, -0.1) is 0 Å². The molecule has 0 bridgehead atoms. The Kier molecular flexibility index (Phi) is 6.42. The number of hydrogen-bond donors (Lipinski definition) is 3. The van der Waals surface area contributed by atoms with Crippen molar-refractivity contribution in [3.8, 4) is 0 Å². The van der Waals surface area contributed by atoms with E-state index in [0.717, 1.165) is 12.6 Å². The molecule has 1 atom stereocenters. The van der Waals surface area contributed by atoms with Crippen LogP contribution in [0.4, 0.5) is 11.4 Å². The summed E-state index contributed by atoms with van der Waals surface area (Å²) in [7, 11) is -4.28. The van der Waals surface area contributed by atoms with E-state index in [2.05, 4.69) is 10.6 Å². The molecule has 0 aliphatic carbocycles. The van der Waals surface area contributed by atoms with Crippen LogP contribution in [0.1, 0.15) is 10.4 Å². The molecule has 10 nitrogen and oxygen atoms in total. The lowest BCUT2D eigenvalue weighted by Gasteiger charge is -2.24. The first-order valence-corrected chi connectivity index (χ1v) is 10.3. The summed E-state index contributed by atoms with van der Waals surface area (Å²) in [6.07, 6.45) is -0.156. The van der Waals surface area contributed by atoms with Crippen molar-refractivity contribution in [2.24, 2.45) is 0 Å². The van der Waals surface area contributed by atoms with Crippen molar-refractivity contribution >= 4 is 27.3 Å². The second-order valence-corrected chi connectivity index (χ2v) is 8.00. The Bertz CT molecular complexity index is 991. The van der Waals surface area contributed by atoms with Crippen molar-refractivity contribution in [1.29, 1.82) is 0 Å². The number of morpholine rings is 1. The summed E-state index contributed by atoms with van der Waals surface area (Å²) in [4.78, 5) is 22.5. The van der Waals surface area contributed by atoms with Crippen LogP contribution >= 0.6 is 0 Å². The molecule has 3 rings (SSSR count). The Morgan fingerprint density at radius 1 is 1.24 bits per heavy atom. The number of amides is 1. The quantitative estimate of drug-likeness (QED) is 0.447. The predicted molar refractivity (Wildman–Crippen MR) is 105 cm³/mol. The lowest BCUT2D eigenvalue weighted by Crippen LogP contribution is -2.42. The van der Waals surface area contributed by atoms with Crippen molar-refractivity contribution in [3.63, 3.8) is 0 Å². The number of sulfonamides is 1. The molecule has 29 heavy (non-hydrogen) atoms. The predicted octanol–water partition coefficient (Wildman–Crippen LogP) is 1.11. The van der Waals surface area contributed by atoms with Gasteiger partial charge in [-0.25, -0.2) is 13.1 Å². The van der Waals surface area contributed by atoms with Gasteiger partial charge in [-0.05, 0) is 24.3 Å². The van der Waals surface area contributed by atoms with E-state index in [0.29, 0.717) is 19.7 Å². The Morgan fingerprint density at radius 3 is 2.66 bits per heavy atom. The summed E-state index contributed by atoms with van der Waals surface area (Å²) in [5.41, 5.74) is -0.0914. The fourth-order valence-corrected chi connectivity index (χ4v) is 3.78. The van der Waals surface area contributed by atoms with Gasteiger partial charge in [0.15, 0.2) is 0 Å². The molecule has 1 amide bonds. The van der Waals surface area contributed by atoms with Gasteiger partial charge in [0.2, 0.25) is 0 Å². The van der Waals surface area contributed by atoms with E-state index in [1.807, 2.05) is 4.72 Å². The fraction of sp³-hybridized carbons (Fsp3) is 0.278. The lowest BCUT2D eigenvalue weighted by molar-refractivity contribution is -0.384. The second-order valence-electron chi connectivity index (χ2n) is 6.31. The number of rotatable bonds is 7. The third kappa shape index (κ3) is 5.28. The number of nitrogens with one attached hydrogen (secondary N) is 3. The van der Waals surface area contributed by atoms with Crippen molar-refractivity contribution in [1.82, 2.24) is 10.0 Å². The van der Waals surface area contributed by atoms with Crippen LogP contribution in [-0.4, -0.2) is 51.6 Å². The van der Waals surface area contributed by atoms with Gasteiger partial charge >= 0.3 is 0 Å². The normalized spacial score (nSPS) is 16.8. The highest BCUT2D eigenvalue weighted by Crippen LogP contribution is 2.27. The molecule has 1 fully saturated rings. The van der Waals surface area contributed by atoms with Gasteiger partial charge < -0.3 is 15.4 Å². The monoisotopic (exact) mass is 420 g/mol. The number of nitro benzene ring substituents is 1. The van der Waals surface area contributed by atoms with Gasteiger partial charge in [0.05, 0.1) is 22.5 Å². The first-order chi connectivity index (χ1) is 13.9. The molecular weight excluding hydrogens is 400 g/mol. The zero-order valence-corrected chi connectivity index (χ0v) is 16.1. The van der Waals surface area contributed by atoms with E-state index in [9.17, 15) is 23.3 Å². The lowest BCUT2D eigenvalue weighted by atomic mass is 10.2. The molecule has 1 aliphatic rings. The topological polar surface area (TPSA) is 140 Å². The van der Waals surface area contributed by atoms with Crippen LogP contribution in [0.2, 0.25) is 0 Å². The zero-order valence-electron chi connectivity index (χ0n) is 15.3. The number of benzene rings is 2. The number of anilines is 1. The van der Waals surface area contributed by atoms with Gasteiger partial charge in [-0.2, -0.15) is 0 Å². The number of carbonyl (C=O) groups is 1. The largest absolute Gasteiger partial charge is 0.377 e.